The van der Waals surface area contributed by atoms with Crippen molar-refractivity contribution in [3.8, 4) is 10.8 Å². The van der Waals surface area contributed by atoms with Crippen molar-refractivity contribution >= 4 is 11.3 Å². The van der Waals surface area contributed by atoms with Gasteiger partial charge in [0.1, 0.15) is 12.1 Å². The van der Waals surface area contributed by atoms with Gasteiger partial charge >= 0.3 is 0 Å². The lowest BCUT2D eigenvalue weighted by molar-refractivity contribution is 0.242. The number of thiophene rings is 1. The van der Waals surface area contributed by atoms with Crippen molar-refractivity contribution in [2.45, 2.75) is 32.0 Å². The first kappa shape index (κ1) is 14.6. The lowest BCUT2D eigenvalue weighted by atomic mass is 10.2. The summed E-state index contributed by atoms with van der Waals surface area (Å²) in [6.45, 7) is 1.57. The molecule has 1 aliphatic rings. The van der Waals surface area contributed by atoms with E-state index in [4.69, 9.17) is 4.42 Å². The predicted octanol–water partition coefficient (Wildman–Crippen LogP) is 4.71. The first-order chi connectivity index (χ1) is 11.3. The van der Waals surface area contributed by atoms with E-state index in [2.05, 4.69) is 9.88 Å². The number of halogens is 1. The lowest BCUT2D eigenvalue weighted by Gasteiger charge is -2.20. The van der Waals surface area contributed by atoms with E-state index in [0.717, 1.165) is 29.2 Å². The minimum absolute atomic E-state index is 0.191. The van der Waals surface area contributed by atoms with E-state index in [0.29, 0.717) is 11.9 Å². The van der Waals surface area contributed by atoms with E-state index >= 15 is 0 Å². The van der Waals surface area contributed by atoms with Crippen LogP contribution in [0.3, 0.4) is 0 Å². The average molecular weight is 328 g/mol. The molecule has 0 bridgehead atoms. The maximum absolute atomic E-state index is 13.0. The largest absolute Gasteiger partial charge is 0.444 e. The Bertz CT molecular complexity index is 763. The molecule has 4 rings (SSSR count). The van der Waals surface area contributed by atoms with Crippen LogP contribution >= 0.6 is 11.3 Å². The molecular weight excluding hydrogens is 311 g/mol. The van der Waals surface area contributed by atoms with Gasteiger partial charge in [0, 0.05) is 19.1 Å². The molecule has 0 N–H and O–H groups in total. The summed E-state index contributed by atoms with van der Waals surface area (Å²) in [5, 5.41) is 2.02. The molecule has 2 aromatic heterocycles. The van der Waals surface area contributed by atoms with Gasteiger partial charge in [0.25, 0.3) is 0 Å². The molecule has 0 atom stereocenters. The van der Waals surface area contributed by atoms with Crippen molar-refractivity contribution in [1.82, 2.24) is 9.88 Å². The number of oxazole rings is 1. The number of nitrogens with zero attached hydrogens (tertiary/aromatic N) is 2. The average Bonchev–Trinajstić information content (AvgIpc) is 3.07. The fourth-order valence-electron chi connectivity index (χ4n) is 2.68. The van der Waals surface area contributed by atoms with E-state index in [1.165, 1.54) is 25.0 Å². The highest BCUT2D eigenvalue weighted by Gasteiger charge is 2.29. The van der Waals surface area contributed by atoms with Crippen LogP contribution in [0.1, 0.15) is 24.1 Å². The molecule has 2 heterocycles. The highest BCUT2D eigenvalue weighted by Crippen LogP contribution is 2.30. The zero-order valence-electron chi connectivity index (χ0n) is 12.6. The molecule has 0 radical (unpaired) electrons. The minimum atomic E-state index is -0.191. The van der Waals surface area contributed by atoms with Crippen LogP contribution in [0.4, 0.5) is 4.39 Å². The van der Waals surface area contributed by atoms with Gasteiger partial charge in [0.15, 0.2) is 0 Å². The highest BCUT2D eigenvalue weighted by atomic mass is 32.1. The maximum Gasteiger partial charge on any atom is 0.236 e. The third-order valence-corrected chi connectivity index (χ3v) is 4.87. The molecule has 0 amide bonds. The summed E-state index contributed by atoms with van der Waals surface area (Å²) in [6, 6.07) is 11.3. The summed E-state index contributed by atoms with van der Waals surface area (Å²) in [7, 11) is 0. The zero-order chi connectivity index (χ0) is 15.6. The Morgan fingerprint density at radius 1 is 1.17 bits per heavy atom. The van der Waals surface area contributed by atoms with Gasteiger partial charge in [0.2, 0.25) is 5.89 Å². The minimum Gasteiger partial charge on any atom is -0.444 e. The van der Waals surface area contributed by atoms with Crippen LogP contribution in [0.5, 0.6) is 0 Å². The Morgan fingerprint density at radius 3 is 2.70 bits per heavy atom. The van der Waals surface area contributed by atoms with E-state index in [1.54, 1.807) is 17.6 Å². The topological polar surface area (TPSA) is 29.3 Å². The smallest absolute Gasteiger partial charge is 0.236 e. The van der Waals surface area contributed by atoms with Crippen molar-refractivity contribution in [3.63, 3.8) is 0 Å². The molecule has 5 heteroatoms. The van der Waals surface area contributed by atoms with Gasteiger partial charge < -0.3 is 4.42 Å². The van der Waals surface area contributed by atoms with Crippen molar-refractivity contribution in [3.05, 3.63) is 65.1 Å². The van der Waals surface area contributed by atoms with Crippen LogP contribution in [0, 0.1) is 5.82 Å². The Balaban J connectivity index is 1.47. The van der Waals surface area contributed by atoms with Crippen molar-refractivity contribution in [2.75, 3.05) is 0 Å². The van der Waals surface area contributed by atoms with Crippen LogP contribution in [-0.2, 0) is 13.1 Å². The molecular formula is C18H17FN2OS. The summed E-state index contributed by atoms with van der Waals surface area (Å²) < 4.78 is 18.6. The number of benzene rings is 1. The van der Waals surface area contributed by atoms with Gasteiger partial charge in [-0.05, 0) is 42.0 Å². The molecule has 3 nitrogen and oxygen atoms in total. The molecule has 0 spiro atoms. The fourth-order valence-corrected chi connectivity index (χ4v) is 3.33. The maximum atomic E-state index is 13.0. The third kappa shape index (κ3) is 3.51. The van der Waals surface area contributed by atoms with Gasteiger partial charge in [-0.1, -0.05) is 18.2 Å². The van der Waals surface area contributed by atoms with Gasteiger partial charge in [-0.3, -0.25) is 4.90 Å². The molecule has 0 saturated heterocycles. The highest BCUT2D eigenvalue weighted by molar-refractivity contribution is 7.13. The summed E-state index contributed by atoms with van der Waals surface area (Å²) in [5.74, 6) is 0.497. The first-order valence-electron chi connectivity index (χ1n) is 7.75. The first-order valence-corrected chi connectivity index (χ1v) is 8.63. The van der Waals surface area contributed by atoms with Gasteiger partial charge in [0.05, 0.1) is 10.6 Å². The summed E-state index contributed by atoms with van der Waals surface area (Å²) in [4.78, 5) is 8.04. The number of aromatic nitrogens is 1. The molecule has 3 aromatic rings. The van der Waals surface area contributed by atoms with Crippen LogP contribution in [0.15, 0.2) is 52.5 Å². The summed E-state index contributed by atoms with van der Waals surface area (Å²) >= 11 is 1.63. The Hall–Kier alpha value is -1.98. The van der Waals surface area contributed by atoms with Crippen molar-refractivity contribution in [1.29, 1.82) is 0 Å². The van der Waals surface area contributed by atoms with E-state index in [1.807, 2.05) is 29.6 Å². The molecule has 0 aliphatic heterocycles. The zero-order valence-corrected chi connectivity index (χ0v) is 13.4. The molecule has 1 aromatic carbocycles. The third-order valence-electron chi connectivity index (χ3n) is 4.01. The van der Waals surface area contributed by atoms with E-state index < -0.39 is 0 Å². The monoisotopic (exact) mass is 328 g/mol. The molecule has 1 fully saturated rings. The lowest BCUT2D eigenvalue weighted by Crippen LogP contribution is -2.25. The van der Waals surface area contributed by atoms with E-state index in [-0.39, 0.29) is 5.82 Å². The Morgan fingerprint density at radius 2 is 2.00 bits per heavy atom. The Labute approximate surface area is 138 Å². The van der Waals surface area contributed by atoms with Crippen molar-refractivity contribution < 1.29 is 8.81 Å². The predicted molar refractivity (Wildman–Crippen MR) is 88.5 cm³/mol. The van der Waals surface area contributed by atoms with Crippen LogP contribution in [0.2, 0.25) is 0 Å². The second-order valence-corrected chi connectivity index (χ2v) is 6.83. The molecule has 23 heavy (non-hydrogen) atoms. The van der Waals surface area contributed by atoms with Crippen LogP contribution < -0.4 is 0 Å². The Kier molecular flexibility index (Phi) is 3.97. The van der Waals surface area contributed by atoms with Crippen LogP contribution in [-0.4, -0.2) is 15.9 Å². The van der Waals surface area contributed by atoms with Crippen molar-refractivity contribution in [2.24, 2.45) is 0 Å². The van der Waals surface area contributed by atoms with Gasteiger partial charge in [-0.15, -0.1) is 11.3 Å². The SMILES string of the molecule is Fc1ccc(CN(Cc2coc(-c3cccs3)n2)C2CC2)cc1. The standard InChI is InChI=1S/C18H17FN2OS/c19-14-5-3-13(4-6-14)10-21(16-7-8-16)11-15-12-22-18(20-15)17-2-1-9-23-17/h1-6,9,12,16H,7-8,10-11H2. The summed E-state index contributed by atoms with van der Waals surface area (Å²) in [5.41, 5.74) is 2.07. The molecule has 0 unspecified atom stereocenters. The van der Waals surface area contributed by atoms with Gasteiger partial charge in [-0.2, -0.15) is 0 Å². The van der Waals surface area contributed by atoms with E-state index in [9.17, 15) is 4.39 Å². The number of rotatable bonds is 6. The van der Waals surface area contributed by atoms with Crippen LogP contribution in [0.25, 0.3) is 10.8 Å². The second kappa shape index (κ2) is 6.26. The van der Waals surface area contributed by atoms with Gasteiger partial charge in [-0.25, -0.2) is 9.37 Å². The second-order valence-electron chi connectivity index (χ2n) is 5.88. The molecule has 1 aliphatic carbocycles. The number of hydrogen-bond acceptors (Lipinski definition) is 4. The quantitative estimate of drug-likeness (QED) is 0.656. The molecule has 118 valence electrons. The fraction of sp³-hybridized carbons (Fsp3) is 0.278. The molecule has 1 saturated carbocycles. The number of hydrogen-bond donors (Lipinski definition) is 0. The summed E-state index contributed by atoms with van der Waals surface area (Å²) in [6.07, 6.45) is 4.18. The normalized spacial score (nSPS) is 14.5.